The number of carbonyl (C=O) groups is 1. The van der Waals surface area contributed by atoms with Gasteiger partial charge >= 0.3 is 6.03 Å². The Bertz CT molecular complexity index is 828. The van der Waals surface area contributed by atoms with E-state index in [1.54, 1.807) is 7.11 Å². The van der Waals surface area contributed by atoms with Crippen molar-refractivity contribution in [3.8, 4) is 5.75 Å². The van der Waals surface area contributed by atoms with Crippen molar-refractivity contribution >= 4 is 22.5 Å². The number of hydrogen-bond donors (Lipinski definition) is 2. The smallest absolute Gasteiger partial charge is 0.319 e. The van der Waals surface area contributed by atoms with Crippen molar-refractivity contribution < 1.29 is 9.53 Å². The second-order valence-electron chi connectivity index (χ2n) is 5.54. The van der Waals surface area contributed by atoms with E-state index in [4.69, 9.17) is 4.74 Å². The highest BCUT2D eigenvalue weighted by Gasteiger charge is 2.02. The van der Waals surface area contributed by atoms with Crippen molar-refractivity contribution in [2.24, 2.45) is 0 Å². The lowest BCUT2D eigenvalue weighted by atomic mass is 10.1. The fourth-order valence-electron chi connectivity index (χ4n) is 2.55. The monoisotopic (exact) mass is 320 g/mol. The lowest BCUT2D eigenvalue weighted by Gasteiger charge is -2.09. The van der Waals surface area contributed by atoms with E-state index in [2.05, 4.69) is 10.6 Å². The minimum Gasteiger partial charge on any atom is -0.497 e. The maximum atomic E-state index is 12.0. The zero-order valence-electron chi connectivity index (χ0n) is 13.6. The summed E-state index contributed by atoms with van der Waals surface area (Å²) in [5.41, 5.74) is 1.94. The van der Waals surface area contributed by atoms with Crippen LogP contribution in [0.2, 0.25) is 0 Å². The third-order valence-electron chi connectivity index (χ3n) is 3.87. The van der Waals surface area contributed by atoms with Crippen LogP contribution in [0, 0.1) is 0 Å². The molecule has 0 aromatic heterocycles. The molecule has 3 rings (SSSR count). The van der Waals surface area contributed by atoms with Gasteiger partial charge in [0, 0.05) is 12.2 Å². The first-order valence-corrected chi connectivity index (χ1v) is 7.91. The van der Waals surface area contributed by atoms with Gasteiger partial charge in [-0.3, -0.25) is 0 Å². The normalized spacial score (nSPS) is 10.4. The van der Waals surface area contributed by atoms with E-state index in [1.807, 2.05) is 66.7 Å². The third kappa shape index (κ3) is 4.04. The van der Waals surface area contributed by atoms with E-state index < -0.39 is 0 Å². The van der Waals surface area contributed by atoms with Crippen LogP contribution in [0.5, 0.6) is 5.75 Å². The van der Waals surface area contributed by atoms with E-state index in [0.717, 1.165) is 34.2 Å². The van der Waals surface area contributed by atoms with Gasteiger partial charge in [-0.15, -0.1) is 0 Å². The Hall–Kier alpha value is -3.01. The quantitative estimate of drug-likeness (QED) is 0.740. The maximum absolute atomic E-state index is 12.0. The number of methoxy groups -OCH3 is 1. The van der Waals surface area contributed by atoms with E-state index in [-0.39, 0.29) is 6.03 Å². The molecule has 0 unspecified atom stereocenters. The first kappa shape index (κ1) is 15.9. The standard InChI is InChI=1S/C20H20N2O2/c1-24-19-10-6-15(7-11-19)12-13-21-20(23)22-18-9-8-16-4-2-3-5-17(16)14-18/h2-11,14H,12-13H2,1H3,(H2,21,22,23). The molecule has 0 radical (unpaired) electrons. The number of hydrogen-bond acceptors (Lipinski definition) is 2. The molecule has 0 aliphatic heterocycles. The second kappa shape index (κ2) is 7.51. The van der Waals surface area contributed by atoms with Crippen molar-refractivity contribution in [2.75, 3.05) is 19.0 Å². The highest BCUT2D eigenvalue weighted by atomic mass is 16.5. The van der Waals surface area contributed by atoms with Crippen LogP contribution in [0.15, 0.2) is 66.7 Å². The number of nitrogens with one attached hydrogen (secondary N) is 2. The maximum Gasteiger partial charge on any atom is 0.319 e. The third-order valence-corrected chi connectivity index (χ3v) is 3.87. The van der Waals surface area contributed by atoms with Gasteiger partial charge in [-0.25, -0.2) is 4.79 Å². The number of benzene rings is 3. The Morgan fingerprint density at radius 3 is 2.46 bits per heavy atom. The molecule has 0 bridgehead atoms. The van der Waals surface area contributed by atoms with Gasteiger partial charge in [0.1, 0.15) is 5.75 Å². The van der Waals surface area contributed by atoms with Crippen molar-refractivity contribution in [1.82, 2.24) is 5.32 Å². The molecule has 0 saturated heterocycles. The summed E-state index contributed by atoms with van der Waals surface area (Å²) in [7, 11) is 1.65. The molecule has 0 aliphatic carbocycles. The summed E-state index contributed by atoms with van der Waals surface area (Å²) in [6.45, 7) is 0.575. The zero-order valence-corrected chi connectivity index (χ0v) is 13.6. The van der Waals surface area contributed by atoms with E-state index in [0.29, 0.717) is 6.54 Å². The number of fused-ring (bicyclic) bond motifs is 1. The lowest BCUT2D eigenvalue weighted by molar-refractivity contribution is 0.252. The predicted octanol–water partition coefficient (Wildman–Crippen LogP) is 4.21. The first-order valence-electron chi connectivity index (χ1n) is 7.91. The van der Waals surface area contributed by atoms with Gasteiger partial charge in [0.2, 0.25) is 0 Å². The van der Waals surface area contributed by atoms with Crippen LogP contribution in [0.25, 0.3) is 10.8 Å². The van der Waals surface area contributed by atoms with Gasteiger partial charge in [-0.05, 0) is 47.0 Å². The van der Waals surface area contributed by atoms with Crippen molar-refractivity contribution in [3.63, 3.8) is 0 Å². The summed E-state index contributed by atoms with van der Waals surface area (Å²) in [6.07, 6.45) is 0.773. The molecule has 2 N–H and O–H groups in total. The van der Waals surface area contributed by atoms with Crippen LogP contribution in [0.1, 0.15) is 5.56 Å². The number of carbonyl (C=O) groups excluding carboxylic acids is 1. The number of anilines is 1. The fourth-order valence-corrected chi connectivity index (χ4v) is 2.55. The Morgan fingerprint density at radius 2 is 1.71 bits per heavy atom. The molecule has 0 heterocycles. The SMILES string of the molecule is COc1ccc(CCNC(=O)Nc2ccc3ccccc3c2)cc1. The van der Waals surface area contributed by atoms with Gasteiger partial charge in [0.15, 0.2) is 0 Å². The fraction of sp³-hybridized carbons (Fsp3) is 0.150. The minimum absolute atomic E-state index is 0.196. The van der Waals surface area contributed by atoms with Crippen LogP contribution in [0.3, 0.4) is 0 Å². The van der Waals surface area contributed by atoms with E-state index >= 15 is 0 Å². The molecule has 4 nitrogen and oxygen atoms in total. The Morgan fingerprint density at radius 1 is 0.958 bits per heavy atom. The minimum atomic E-state index is -0.196. The van der Waals surface area contributed by atoms with E-state index in [1.165, 1.54) is 0 Å². The second-order valence-corrected chi connectivity index (χ2v) is 5.54. The molecule has 3 aromatic carbocycles. The lowest BCUT2D eigenvalue weighted by Crippen LogP contribution is -2.30. The van der Waals surface area contributed by atoms with Gasteiger partial charge in [-0.2, -0.15) is 0 Å². The van der Waals surface area contributed by atoms with Gasteiger partial charge in [0.25, 0.3) is 0 Å². The van der Waals surface area contributed by atoms with Crippen molar-refractivity contribution in [2.45, 2.75) is 6.42 Å². The molecule has 122 valence electrons. The van der Waals surface area contributed by atoms with Crippen LogP contribution in [0.4, 0.5) is 10.5 Å². The van der Waals surface area contributed by atoms with Gasteiger partial charge in [-0.1, -0.05) is 42.5 Å². The molecule has 0 aliphatic rings. The molecule has 4 heteroatoms. The average Bonchev–Trinajstić information content (AvgIpc) is 2.62. The summed E-state index contributed by atoms with van der Waals surface area (Å²) in [4.78, 5) is 12.0. The molecular formula is C20H20N2O2. The molecule has 3 aromatic rings. The van der Waals surface area contributed by atoms with Crippen LogP contribution in [-0.2, 0) is 6.42 Å². The van der Waals surface area contributed by atoms with Gasteiger partial charge in [0.05, 0.1) is 7.11 Å². The summed E-state index contributed by atoms with van der Waals surface area (Å²) < 4.78 is 5.13. The summed E-state index contributed by atoms with van der Waals surface area (Å²) in [5, 5.41) is 8.00. The van der Waals surface area contributed by atoms with Crippen LogP contribution in [-0.4, -0.2) is 19.7 Å². The number of ether oxygens (including phenoxy) is 1. The number of rotatable bonds is 5. The van der Waals surface area contributed by atoms with Crippen molar-refractivity contribution in [1.29, 1.82) is 0 Å². The van der Waals surface area contributed by atoms with Crippen LogP contribution < -0.4 is 15.4 Å². The molecule has 0 fully saturated rings. The first-order chi connectivity index (χ1) is 11.7. The van der Waals surface area contributed by atoms with Crippen molar-refractivity contribution in [3.05, 3.63) is 72.3 Å². The molecule has 2 amide bonds. The summed E-state index contributed by atoms with van der Waals surface area (Å²) in [6, 6.07) is 21.6. The Labute approximate surface area is 141 Å². The summed E-state index contributed by atoms with van der Waals surface area (Å²) >= 11 is 0. The van der Waals surface area contributed by atoms with Gasteiger partial charge < -0.3 is 15.4 Å². The zero-order chi connectivity index (χ0) is 16.8. The largest absolute Gasteiger partial charge is 0.497 e. The molecule has 24 heavy (non-hydrogen) atoms. The Kier molecular flexibility index (Phi) is 4.96. The topological polar surface area (TPSA) is 50.4 Å². The number of urea groups is 1. The average molecular weight is 320 g/mol. The Balaban J connectivity index is 1.51. The molecular weight excluding hydrogens is 300 g/mol. The highest BCUT2D eigenvalue weighted by molar-refractivity contribution is 5.93. The van der Waals surface area contributed by atoms with Crippen LogP contribution >= 0.6 is 0 Å². The van der Waals surface area contributed by atoms with E-state index in [9.17, 15) is 4.79 Å². The predicted molar refractivity (Wildman–Crippen MR) is 97.7 cm³/mol. The molecule has 0 atom stereocenters. The molecule has 0 saturated carbocycles. The summed E-state index contributed by atoms with van der Waals surface area (Å²) in [5.74, 6) is 0.834. The molecule has 0 spiro atoms. The number of amides is 2. The highest BCUT2D eigenvalue weighted by Crippen LogP contribution is 2.18.